The van der Waals surface area contributed by atoms with E-state index in [1.54, 1.807) is 4.90 Å². The van der Waals surface area contributed by atoms with Gasteiger partial charge in [-0.2, -0.15) is 0 Å². The SMILES string of the molecule is C[C@H]1CC(C)(C)C[C@@]2(C1)NC(=O)N(CC(=O)N1CCN(c3ccccc3)CC1)C2=O. The zero-order chi connectivity index (χ0) is 21.5. The summed E-state index contributed by atoms with van der Waals surface area (Å²) in [7, 11) is 0. The van der Waals surface area contributed by atoms with Crippen LogP contribution in [0, 0.1) is 11.3 Å². The molecule has 1 aliphatic carbocycles. The standard InChI is InChI=1S/C23H32N4O3/c1-17-13-22(2,3)16-23(14-17)20(29)27(21(30)24-23)15-19(28)26-11-9-25(10-12-26)18-7-5-4-6-8-18/h4-8,17H,9-16H2,1-3H3,(H,24,30)/t17-,23+/m0/s1. The average Bonchev–Trinajstić information content (AvgIpc) is 2.90. The Hall–Kier alpha value is -2.57. The molecule has 1 saturated carbocycles. The summed E-state index contributed by atoms with van der Waals surface area (Å²) in [5.41, 5.74) is 0.272. The Kier molecular flexibility index (Phi) is 5.24. The van der Waals surface area contributed by atoms with Gasteiger partial charge in [-0.05, 0) is 42.7 Å². The quantitative estimate of drug-likeness (QED) is 0.774. The molecule has 2 saturated heterocycles. The number of nitrogens with zero attached hydrogens (tertiary/aromatic N) is 3. The molecule has 0 radical (unpaired) electrons. The molecule has 0 unspecified atom stereocenters. The van der Waals surface area contributed by atoms with Crippen molar-refractivity contribution in [3.63, 3.8) is 0 Å². The van der Waals surface area contributed by atoms with Crippen LogP contribution in [0.25, 0.3) is 0 Å². The van der Waals surface area contributed by atoms with E-state index in [4.69, 9.17) is 0 Å². The molecule has 1 aromatic carbocycles. The first-order chi connectivity index (χ1) is 14.2. The van der Waals surface area contributed by atoms with Crippen LogP contribution >= 0.6 is 0 Å². The van der Waals surface area contributed by atoms with Crippen LogP contribution in [0.3, 0.4) is 0 Å². The Labute approximate surface area is 178 Å². The van der Waals surface area contributed by atoms with E-state index < -0.39 is 11.6 Å². The van der Waals surface area contributed by atoms with Crippen molar-refractivity contribution in [2.45, 2.75) is 45.6 Å². The molecule has 2 heterocycles. The highest BCUT2D eigenvalue weighted by Crippen LogP contribution is 2.46. The average molecular weight is 413 g/mol. The number of piperazine rings is 1. The third-order valence-electron chi connectivity index (χ3n) is 6.67. The van der Waals surface area contributed by atoms with Gasteiger partial charge in [-0.25, -0.2) is 4.79 Å². The molecule has 2 aliphatic heterocycles. The first-order valence-corrected chi connectivity index (χ1v) is 10.9. The molecule has 7 nitrogen and oxygen atoms in total. The van der Waals surface area contributed by atoms with Crippen molar-refractivity contribution in [2.24, 2.45) is 11.3 Å². The summed E-state index contributed by atoms with van der Waals surface area (Å²) < 4.78 is 0. The van der Waals surface area contributed by atoms with Crippen molar-refractivity contribution in [3.05, 3.63) is 30.3 Å². The van der Waals surface area contributed by atoms with E-state index in [1.165, 1.54) is 0 Å². The fourth-order valence-corrected chi connectivity index (χ4v) is 5.74. The van der Waals surface area contributed by atoms with Crippen LogP contribution in [0.1, 0.15) is 40.0 Å². The largest absolute Gasteiger partial charge is 0.368 e. The van der Waals surface area contributed by atoms with Gasteiger partial charge in [-0.1, -0.05) is 39.0 Å². The van der Waals surface area contributed by atoms with E-state index in [0.29, 0.717) is 31.8 Å². The maximum atomic E-state index is 13.2. The Morgan fingerprint density at radius 3 is 2.37 bits per heavy atom. The zero-order valence-corrected chi connectivity index (χ0v) is 18.2. The predicted octanol–water partition coefficient (Wildman–Crippen LogP) is 2.47. The Morgan fingerprint density at radius 2 is 1.73 bits per heavy atom. The maximum Gasteiger partial charge on any atom is 0.325 e. The number of rotatable bonds is 3. The van der Waals surface area contributed by atoms with Crippen LogP contribution in [0.15, 0.2) is 30.3 Å². The molecule has 7 heteroatoms. The highest BCUT2D eigenvalue weighted by Gasteiger charge is 2.56. The number of carbonyl (C=O) groups excluding carboxylic acids is 3. The smallest absolute Gasteiger partial charge is 0.325 e. The number of para-hydroxylation sites is 1. The Bertz CT molecular complexity index is 832. The third-order valence-corrected chi connectivity index (χ3v) is 6.67. The van der Waals surface area contributed by atoms with E-state index in [0.717, 1.165) is 30.1 Å². The number of benzene rings is 1. The summed E-state index contributed by atoms with van der Waals surface area (Å²) in [6, 6.07) is 9.71. The van der Waals surface area contributed by atoms with Gasteiger partial charge in [-0.15, -0.1) is 0 Å². The molecule has 0 aromatic heterocycles. The van der Waals surface area contributed by atoms with Gasteiger partial charge in [-0.3, -0.25) is 14.5 Å². The van der Waals surface area contributed by atoms with E-state index in [-0.39, 0.29) is 23.8 Å². The van der Waals surface area contributed by atoms with Gasteiger partial charge < -0.3 is 15.1 Å². The maximum absolute atomic E-state index is 13.2. The van der Waals surface area contributed by atoms with E-state index in [2.05, 4.69) is 43.1 Å². The summed E-state index contributed by atoms with van der Waals surface area (Å²) in [6.45, 7) is 8.90. The first kappa shape index (κ1) is 20.7. The Morgan fingerprint density at radius 1 is 1.07 bits per heavy atom. The lowest BCUT2D eigenvalue weighted by Crippen LogP contribution is -2.55. The molecule has 30 heavy (non-hydrogen) atoms. The lowest BCUT2D eigenvalue weighted by Gasteiger charge is -2.43. The molecular formula is C23H32N4O3. The van der Waals surface area contributed by atoms with Gasteiger partial charge in [0.1, 0.15) is 12.1 Å². The molecule has 1 spiro atoms. The topological polar surface area (TPSA) is 73.0 Å². The second kappa shape index (κ2) is 7.60. The number of hydrogen-bond donors (Lipinski definition) is 1. The van der Waals surface area contributed by atoms with Crippen molar-refractivity contribution in [3.8, 4) is 0 Å². The summed E-state index contributed by atoms with van der Waals surface area (Å²) in [5.74, 6) is -0.0468. The second-order valence-corrected chi connectivity index (χ2v) is 9.96. The van der Waals surface area contributed by atoms with Gasteiger partial charge in [0.25, 0.3) is 5.91 Å². The number of imide groups is 1. The second-order valence-electron chi connectivity index (χ2n) is 9.96. The Balaban J connectivity index is 1.38. The number of nitrogens with one attached hydrogen (secondary N) is 1. The highest BCUT2D eigenvalue weighted by atomic mass is 16.2. The lowest BCUT2D eigenvalue weighted by atomic mass is 9.64. The predicted molar refractivity (Wildman–Crippen MR) is 115 cm³/mol. The normalized spacial score (nSPS) is 28.8. The van der Waals surface area contributed by atoms with Crippen LogP contribution in [-0.2, 0) is 9.59 Å². The summed E-state index contributed by atoms with van der Waals surface area (Å²) in [4.78, 5) is 43.9. The van der Waals surface area contributed by atoms with Crippen molar-refractivity contribution >= 4 is 23.5 Å². The van der Waals surface area contributed by atoms with Crippen molar-refractivity contribution in [1.82, 2.24) is 15.1 Å². The fourth-order valence-electron chi connectivity index (χ4n) is 5.74. The fraction of sp³-hybridized carbons (Fsp3) is 0.609. The van der Waals surface area contributed by atoms with Crippen LogP contribution in [0.4, 0.5) is 10.5 Å². The van der Waals surface area contributed by atoms with Crippen LogP contribution in [0.5, 0.6) is 0 Å². The third kappa shape index (κ3) is 3.89. The molecule has 1 aromatic rings. The van der Waals surface area contributed by atoms with E-state index in [9.17, 15) is 14.4 Å². The summed E-state index contributed by atoms with van der Waals surface area (Å²) >= 11 is 0. The molecule has 2 atom stereocenters. The van der Waals surface area contributed by atoms with Gasteiger partial charge in [0.05, 0.1) is 0 Å². The van der Waals surface area contributed by atoms with E-state index >= 15 is 0 Å². The molecule has 3 fully saturated rings. The van der Waals surface area contributed by atoms with Crippen LogP contribution in [-0.4, -0.2) is 65.9 Å². The number of hydrogen-bond acceptors (Lipinski definition) is 4. The summed E-state index contributed by atoms with van der Waals surface area (Å²) in [6.07, 6.45) is 2.29. The van der Waals surface area contributed by atoms with E-state index in [1.807, 2.05) is 18.2 Å². The number of carbonyl (C=O) groups is 3. The summed E-state index contributed by atoms with van der Waals surface area (Å²) in [5, 5.41) is 2.95. The minimum absolute atomic E-state index is 0.0195. The number of urea groups is 1. The molecule has 162 valence electrons. The monoisotopic (exact) mass is 412 g/mol. The highest BCUT2D eigenvalue weighted by molar-refractivity contribution is 6.09. The minimum atomic E-state index is -0.857. The molecular weight excluding hydrogens is 380 g/mol. The van der Waals surface area contributed by atoms with Crippen LogP contribution < -0.4 is 10.2 Å². The minimum Gasteiger partial charge on any atom is -0.368 e. The number of amides is 4. The van der Waals surface area contributed by atoms with Crippen molar-refractivity contribution < 1.29 is 14.4 Å². The van der Waals surface area contributed by atoms with Gasteiger partial charge in [0.15, 0.2) is 0 Å². The molecule has 0 bridgehead atoms. The van der Waals surface area contributed by atoms with Gasteiger partial charge in [0.2, 0.25) is 5.91 Å². The van der Waals surface area contributed by atoms with Gasteiger partial charge >= 0.3 is 6.03 Å². The molecule has 4 amide bonds. The molecule has 4 rings (SSSR count). The van der Waals surface area contributed by atoms with Crippen molar-refractivity contribution in [2.75, 3.05) is 37.6 Å². The van der Waals surface area contributed by atoms with Crippen LogP contribution in [0.2, 0.25) is 0 Å². The first-order valence-electron chi connectivity index (χ1n) is 10.9. The number of anilines is 1. The zero-order valence-electron chi connectivity index (χ0n) is 18.2. The van der Waals surface area contributed by atoms with Crippen molar-refractivity contribution in [1.29, 1.82) is 0 Å². The molecule has 3 aliphatic rings. The molecule has 1 N–H and O–H groups in total. The lowest BCUT2D eigenvalue weighted by molar-refractivity contribution is -0.140. The van der Waals surface area contributed by atoms with Gasteiger partial charge in [0, 0.05) is 31.9 Å².